The van der Waals surface area contributed by atoms with Crippen LogP contribution in [0.25, 0.3) is 21.9 Å². The summed E-state index contributed by atoms with van der Waals surface area (Å²) in [5, 5.41) is 3.04. The fourth-order valence-corrected chi connectivity index (χ4v) is 35.3. The van der Waals surface area contributed by atoms with Crippen LogP contribution in [-0.2, 0) is 24.0 Å². The largest absolute Gasteiger partial charge is 1.00 e. The molecular weight excluding hydrogens is 623 g/mol. The maximum absolute atomic E-state index is 2.79. The van der Waals surface area contributed by atoms with Gasteiger partial charge in [0.2, 0.25) is 0 Å². The molecule has 3 aliphatic rings. The average Bonchev–Trinajstić information content (AvgIpc) is 3.51. The van der Waals surface area contributed by atoms with Crippen LogP contribution in [0.2, 0.25) is 13.1 Å². The van der Waals surface area contributed by atoms with E-state index in [9.17, 15) is 0 Å². The van der Waals surface area contributed by atoms with Gasteiger partial charge in [-0.2, -0.15) is 0 Å². The van der Waals surface area contributed by atoms with Gasteiger partial charge in [-0.1, -0.05) is 0 Å². The van der Waals surface area contributed by atoms with Crippen LogP contribution in [0.3, 0.4) is 0 Å². The summed E-state index contributed by atoms with van der Waals surface area (Å²) in [5.41, 5.74) is 14.4. The van der Waals surface area contributed by atoms with E-state index in [1.54, 1.807) is 27.6 Å². The first-order valence-electron chi connectivity index (χ1n) is 14.9. The van der Waals surface area contributed by atoms with Crippen LogP contribution in [0.1, 0.15) is 91.8 Å². The molecule has 0 N–H and O–H groups in total. The van der Waals surface area contributed by atoms with Crippen molar-refractivity contribution in [1.82, 2.24) is 0 Å². The first kappa shape index (κ1) is 32.0. The zero-order valence-electron chi connectivity index (χ0n) is 26.0. The number of hydrogen-bond donors (Lipinski definition) is 0. The topological polar surface area (TPSA) is 0 Å². The summed E-state index contributed by atoms with van der Waals surface area (Å²) in [4.78, 5) is 0. The average molecular weight is 668 g/mol. The summed E-state index contributed by atoms with van der Waals surface area (Å²) < 4.78 is 2.22. The summed E-state index contributed by atoms with van der Waals surface area (Å²) in [6, 6.07) is 12.0. The molecule has 0 spiro atoms. The molecule has 40 heavy (non-hydrogen) atoms. The van der Waals surface area contributed by atoms with Gasteiger partial charge in [-0.05, 0) is 0 Å². The number of halogens is 2. The first-order valence-corrected chi connectivity index (χ1v) is 24.5. The van der Waals surface area contributed by atoms with Gasteiger partial charge < -0.3 is 24.8 Å². The van der Waals surface area contributed by atoms with Crippen molar-refractivity contribution in [3.8, 4) is 11.1 Å². The second-order valence-electron chi connectivity index (χ2n) is 13.3. The number of hydrogen-bond acceptors (Lipinski definition) is 0. The van der Waals surface area contributed by atoms with Crippen molar-refractivity contribution in [2.24, 2.45) is 11.8 Å². The SMILES string of the molecule is Cc1cc2c(c(C)c1C)C(C)c1c3c(c4ccccc4c1-2)C(C)C(C)C(C)[C]3(C)[Zr+2]([C]1=CC=CC1)[SiH](C)C.[Cl-].[Cl-]. The van der Waals surface area contributed by atoms with Crippen molar-refractivity contribution in [2.45, 2.75) is 89.9 Å². The van der Waals surface area contributed by atoms with Crippen LogP contribution < -0.4 is 24.8 Å². The van der Waals surface area contributed by atoms with Crippen molar-refractivity contribution in [3.63, 3.8) is 0 Å². The Morgan fingerprint density at radius 3 is 2.12 bits per heavy atom. The number of allylic oxidation sites excluding steroid dienone is 4. The van der Waals surface area contributed by atoms with Crippen LogP contribution >= 0.6 is 0 Å². The molecular formula is C36H45Cl2SiZr. The van der Waals surface area contributed by atoms with Gasteiger partial charge in [0.1, 0.15) is 0 Å². The molecule has 0 radical (unpaired) electrons. The van der Waals surface area contributed by atoms with Gasteiger partial charge in [0.15, 0.2) is 0 Å². The number of benzene rings is 3. The maximum atomic E-state index is 2.79. The Hall–Kier alpha value is -0.920. The third-order valence-corrected chi connectivity index (χ3v) is 33.9. The number of rotatable bonds is 3. The third-order valence-electron chi connectivity index (χ3n) is 11.4. The molecule has 211 valence electrons. The molecule has 6 rings (SSSR count). The smallest absolute Gasteiger partial charge is 1.00 e. The molecule has 0 fully saturated rings. The van der Waals surface area contributed by atoms with E-state index in [1.165, 1.54) is 34.1 Å². The molecule has 5 unspecified atom stereocenters. The Balaban J connectivity index is 0.00000185. The van der Waals surface area contributed by atoms with Gasteiger partial charge in [0.05, 0.1) is 0 Å². The van der Waals surface area contributed by atoms with Gasteiger partial charge in [-0.15, -0.1) is 0 Å². The van der Waals surface area contributed by atoms with E-state index >= 15 is 0 Å². The van der Waals surface area contributed by atoms with Gasteiger partial charge in [0, 0.05) is 0 Å². The Morgan fingerprint density at radius 2 is 1.52 bits per heavy atom. The van der Waals surface area contributed by atoms with Crippen LogP contribution in [0.4, 0.5) is 0 Å². The zero-order valence-corrected chi connectivity index (χ0v) is 31.1. The normalized spacial score (nSPS) is 26.1. The molecule has 0 bridgehead atoms. The van der Waals surface area contributed by atoms with E-state index in [0.717, 1.165) is 0 Å². The minimum Gasteiger partial charge on any atom is -1.00 e. The maximum Gasteiger partial charge on any atom is -1.00 e. The summed E-state index contributed by atoms with van der Waals surface area (Å²) in [6.45, 7) is 25.6. The molecule has 0 saturated carbocycles. The molecule has 0 nitrogen and oxygen atoms in total. The summed E-state index contributed by atoms with van der Waals surface area (Å²) in [6.07, 6.45) is 8.60. The van der Waals surface area contributed by atoms with E-state index in [4.69, 9.17) is 0 Å². The van der Waals surface area contributed by atoms with Crippen LogP contribution in [-0.4, -0.2) is 5.92 Å². The predicted octanol–water partition coefficient (Wildman–Crippen LogP) is 3.96. The molecule has 0 aromatic heterocycles. The van der Waals surface area contributed by atoms with Crippen molar-refractivity contribution in [1.29, 1.82) is 0 Å². The van der Waals surface area contributed by atoms with E-state index in [2.05, 4.69) is 117 Å². The van der Waals surface area contributed by atoms with Crippen molar-refractivity contribution >= 4 is 16.7 Å². The van der Waals surface area contributed by atoms with Crippen molar-refractivity contribution in [2.75, 3.05) is 0 Å². The summed E-state index contributed by atoms with van der Waals surface area (Å²) in [5.74, 6) is 1.59. The predicted molar refractivity (Wildman–Crippen MR) is 166 cm³/mol. The molecule has 0 saturated heterocycles. The first-order chi connectivity index (χ1) is 18.0. The van der Waals surface area contributed by atoms with Gasteiger partial charge in [-0.25, -0.2) is 0 Å². The van der Waals surface area contributed by atoms with Gasteiger partial charge >= 0.3 is 241 Å². The minimum absolute atomic E-state index is 0. The Labute approximate surface area is 264 Å². The Bertz CT molecular complexity index is 1550. The van der Waals surface area contributed by atoms with E-state index in [0.29, 0.717) is 26.8 Å². The van der Waals surface area contributed by atoms with Crippen molar-refractivity contribution in [3.05, 3.63) is 90.8 Å². The fourth-order valence-electron chi connectivity index (χ4n) is 9.03. The molecule has 3 aliphatic carbocycles. The molecule has 5 atom stereocenters. The summed E-state index contributed by atoms with van der Waals surface area (Å²) in [7, 11) is 0. The molecule has 0 heterocycles. The standard InChI is InChI=1S/C29H33.C5H5.C2H7Si.2ClH.Zr/c1-14-13-24-25(18(5)15(14)2)21(8)28-27-20(7)17(4)16(3)19(6)26(27)22-11-9-10-12-23(22)29(24)28;1-2-4-5-3-1;1-3-2;;;/h9-13,16-17,19,21H,1-8H3;1-3H,4H2;3H,1-2H3;2*1H;/q;;;;;+2/p-2. The van der Waals surface area contributed by atoms with Crippen LogP contribution in [0.5, 0.6) is 0 Å². The van der Waals surface area contributed by atoms with Gasteiger partial charge in [0.25, 0.3) is 0 Å². The number of aryl methyl sites for hydroxylation is 1. The Kier molecular flexibility index (Phi) is 9.04. The monoisotopic (exact) mass is 665 g/mol. The van der Waals surface area contributed by atoms with E-state index in [-0.39, 0.29) is 24.8 Å². The number of fused-ring (bicyclic) bond motifs is 8. The molecule has 4 heteroatoms. The molecule has 0 amide bonds. The zero-order chi connectivity index (χ0) is 27.3. The van der Waals surface area contributed by atoms with Gasteiger partial charge in [-0.3, -0.25) is 0 Å². The quantitative estimate of drug-likeness (QED) is 0.372. The minimum atomic E-state index is -2.05. The molecule has 0 aliphatic heterocycles. The van der Waals surface area contributed by atoms with Crippen LogP contribution in [0.15, 0.2) is 51.8 Å². The molecule has 3 aromatic carbocycles. The van der Waals surface area contributed by atoms with Crippen LogP contribution in [0, 0.1) is 32.6 Å². The van der Waals surface area contributed by atoms with E-state index in [1.807, 2.05) is 8.84 Å². The second kappa shape index (κ2) is 11.3. The fraction of sp³-hybridized carbons (Fsp3) is 0.444. The summed E-state index contributed by atoms with van der Waals surface area (Å²) >= 11 is -2.05. The second-order valence-corrected chi connectivity index (χ2v) is 33.7. The third kappa shape index (κ3) is 4.21. The molecule has 3 aromatic rings. The Morgan fingerprint density at radius 1 is 0.875 bits per heavy atom. The van der Waals surface area contributed by atoms with E-state index < -0.39 is 26.8 Å². The van der Waals surface area contributed by atoms with Crippen molar-refractivity contribution < 1.29 is 45.7 Å².